The van der Waals surface area contributed by atoms with E-state index in [-0.39, 0.29) is 64.3 Å². The number of carbonyl (C=O) groups is 3. The van der Waals surface area contributed by atoms with Gasteiger partial charge in [0.25, 0.3) is 21.5 Å². The lowest BCUT2D eigenvalue weighted by Gasteiger charge is -2.31. The molecule has 0 fully saturated rings. The Morgan fingerprint density at radius 1 is 0.919 bits per heavy atom. The number of nitro benzene ring substituents is 2. The number of para-hydroxylation sites is 2. The first-order chi connectivity index (χ1) is 34.8. The van der Waals surface area contributed by atoms with E-state index in [9.17, 15) is 47.6 Å². The van der Waals surface area contributed by atoms with Crippen LogP contribution in [-0.4, -0.2) is 117 Å². The van der Waals surface area contributed by atoms with Crippen LogP contribution in [-0.2, 0) is 35.3 Å². The number of benzene rings is 4. The summed E-state index contributed by atoms with van der Waals surface area (Å²) in [6.45, 7) is 10.3. The molecule has 74 heavy (non-hydrogen) atoms. The fourth-order valence-electron chi connectivity index (χ4n) is 9.51. The molecule has 1 aliphatic carbocycles. The Hall–Kier alpha value is -7.95. The molecule has 4 aromatic rings. The van der Waals surface area contributed by atoms with Crippen LogP contribution in [0.2, 0.25) is 0 Å². The number of methoxy groups -OCH3 is 1. The van der Waals surface area contributed by atoms with E-state index in [4.69, 9.17) is 18.9 Å². The van der Waals surface area contributed by atoms with E-state index < -0.39 is 66.4 Å². The fraction of sp³-hybridized carbons (Fsp3) is 0.346. The smallest absolute Gasteiger partial charge is 0.493 e. The number of hydrogen-bond donors (Lipinski definition) is 4. The molecule has 7 rings (SSSR count). The number of hydrogen-bond acceptors (Lipinski definition) is 15. The van der Waals surface area contributed by atoms with Crippen LogP contribution >= 0.6 is 0 Å². The monoisotopic (exact) mass is 1040 g/mol. The summed E-state index contributed by atoms with van der Waals surface area (Å²) in [6.07, 6.45) is 1.13. The SMILES string of the molecule is COc1cc(C(C)OC(=O)Oc2ccc([N+](=O)[O-])cc2)c([N+](=O)[O-])cc1OCC[NH+](C)CCNC(=O)[C@H](CS(=O)(=O)O)NC1=C(/C=C2/N(C)c3ccccc3C2(C)C)C(=O)/C1=C\C1=[N+](C)c2ccccc2C1(C)C. The minimum atomic E-state index is -4.75. The van der Waals surface area contributed by atoms with E-state index >= 15 is 0 Å². The summed E-state index contributed by atoms with van der Waals surface area (Å²) < 4.78 is 59.0. The molecule has 0 spiro atoms. The predicted molar refractivity (Wildman–Crippen MR) is 273 cm³/mol. The molecule has 3 aliphatic rings. The highest BCUT2D eigenvalue weighted by Gasteiger charge is 2.47. The quantitative estimate of drug-likeness (QED) is 0.0164. The topological polar surface area (TPSA) is 264 Å². The molecule has 0 saturated carbocycles. The van der Waals surface area contributed by atoms with Crippen LogP contribution in [0.4, 0.5) is 27.5 Å². The summed E-state index contributed by atoms with van der Waals surface area (Å²) in [5.41, 5.74) is 4.65. The molecule has 4 aromatic carbocycles. The molecule has 4 N–H and O–H groups in total. The Balaban J connectivity index is 1.04. The zero-order valence-electron chi connectivity index (χ0n) is 42.4. The highest BCUT2D eigenvalue weighted by Crippen LogP contribution is 2.48. The minimum absolute atomic E-state index is 0.0230. The number of carbonyl (C=O) groups excluding carboxylic acids is 3. The number of ketones is 1. The van der Waals surface area contributed by atoms with Crippen LogP contribution in [0.5, 0.6) is 17.2 Å². The zero-order chi connectivity index (χ0) is 54.0. The average Bonchev–Trinajstić information content (AvgIpc) is 3.66. The second-order valence-electron chi connectivity index (χ2n) is 19.2. The summed E-state index contributed by atoms with van der Waals surface area (Å²) >= 11 is 0. The second kappa shape index (κ2) is 21.3. The first kappa shape index (κ1) is 53.8. The highest BCUT2D eigenvalue weighted by atomic mass is 32.2. The van der Waals surface area contributed by atoms with Crippen molar-refractivity contribution in [1.82, 2.24) is 10.6 Å². The number of allylic oxidation sites excluding steroid dienone is 5. The summed E-state index contributed by atoms with van der Waals surface area (Å²) in [4.78, 5) is 65.6. The lowest BCUT2D eigenvalue weighted by Crippen LogP contribution is -3.10. The third kappa shape index (κ3) is 11.2. The van der Waals surface area contributed by atoms with Gasteiger partial charge in [-0.1, -0.05) is 50.2 Å². The third-order valence-corrected chi connectivity index (χ3v) is 14.3. The van der Waals surface area contributed by atoms with Gasteiger partial charge in [-0.2, -0.15) is 13.0 Å². The van der Waals surface area contributed by atoms with Crippen LogP contribution in [0, 0.1) is 20.2 Å². The van der Waals surface area contributed by atoms with Crippen LogP contribution < -0.4 is 34.6 Å². The number of rotatable bonds is 20. The van der Waals surface area contributed by atoms with Gasteiger partial charge in [0, 0.05) is 59.3 Å². The minimum Gasteiger partial charge on any atom is -0.493 e. The summed E-state index contributed by atoms with van der Waals surface area (Å²) in [7, 11) is 2.20. The van der Waals surface area contributed by atoms with E-state index in [1.165, 1.54) is 32.2 Å². The molecule has 0 radical (unpaired) electrons. The lowest BCUT2D eigenvalue weighted by molar-refractivity contribution is -0.878. The van der Waals surface area contributed by atoms with E-state index in [1.54, 1.807) is 19.2 Å². The van der Waals surface area contributed by atoms with Gasteiger partial charge in [0.2, 0.25) is 11.6 Å². The molecule has 1 amide bonds. The normalized spacial score (nSPS) is 17.8. The number of Topliss-reactive ketones (excluding diaryl/α,β-unsaturated/α-hetero) is 1. The van der Waals surface area contributed by atoms with Crippen LogP contribution in [0.3, 0.4) is 0 Å². The molecule has 2 aliphatic heterocycles. The largest absolute Gasteiger partial charge is 0.514 e. The van der Waals surface area contributed by atoms with Gasteiger partial charge in [0.15, 0.2) is 23.0 Å². The van der Waals surface area contributed by atoms with Crippen molar-refractivity contribution in [1.29, 1.82) is 0 Å². The predicted octanol–water partition coefficient (Wildman–Crippen LogP) is 5.42. The first-order valence-corrected chi connectivity index (χ1v) is 25.1. The van der Waals surface area contributed by atoms with Crippen molar-refractivity contribution in [2.24, 2.45) is 0 Å². The van der Waals surface area contributed by atoms with Crippen molar-refractivity contribution < 1.29 is 65.6 Å². The number of amides is 1. The van der Waals surface area contributed by atoms with Gasteiger partial charge in [-0.3, -0.25) is 34.4 Å². The molecule has 0 saturated heterocycles. The number of nitro groups is 2. The van der Waals surface area contributed by atoms with Gasteiger partial charge in [-0.05, 0) is 56.7 Å². The number of likely N-dealkylation sites (N-methyl/N-ethyl adjacent to an activating group) is 2. The van der Waals surface area contributed by atoms with Crippen molar-refractivity contribution in [2.45, 2.75) is 57.6 Å². The maximum absolute atomic E-state index is 14.4. The highest BCUT2D eigenvalue weighted by molar-refractivity contribution is 7.85. The third-order valence-electron chi connectivity index (χ3n) is 13.6. The number of nitrogens with one attached hydrogen (secondary N) is 3. The Morgan fingerprint density at radius 3 is 2.20 bits per heavy atom. The van der Waals surface area contributed by atoms with E-state index in [0.29, 0.717) is 13.1 Å². The van der Waals surface area contributed by atoms with E-state index in [0.717, 1.165) is 57.0 Å². The van der Waals surface area contributed by atoms with Gasteiger partial charge >= 0.3 is 6.16 Å². The fourth-order valence-corrected chi connectivity index (χ4v) is 10.2. The Labute approximate surface area is 427 Å². The summed E-state index contributed by atoms with van der Waals surface area (Å²) in [5.74, 6) is -1.98. The summed E-state index contributed by atoms with van der Waals surface area (Å²) in [6, 6.07) is 21.4. The van der Waals surface area contributed by atoms with Crippen molar-refractivity contribution >= 4 is 56.4 Å². The molecule has 0 bridgehead atoms. The van der Waals surface area contributed by atoms with Gasteiger partial charge < -0.3 is 39.4 Å². The molecular formula is C52H59N7O14S+2. The van der Waals surface area contributed by atoms with E-state index in [2.05, 4.69) is 10.6 Å². The van der Waals surface area contributed by atoms with Crippen molar-refractivity contribution in [2.75, 3.05) is 65.1 Å². The maximum atomic E-state index is 14.4. The zero-order valence-corrected chi connectivity index (χ0v) is 43.2. The molecule has 2 unspecified atom stereocenters. The molecule has 3 atom stereocenters. The molecule has 2 heterocycles. The number of nitrogens with zero attached hydrogens (tertiary/aromatic N) is 4. The van der Waals surface area contributed by atoms with Crippen LogP contribution in [0.1, 0.15) is 57.4 Å². The number of non-ortho nitro benzene ring substituents is 1. The van der Waals surface area contributed by atoms with E-state index in [1.807, 2.05) is 99.8 Å². The molecule has 21 nitrogen and oxygen atoms in total. The average molecular weight is 1040 g/mol. The Kier molecular flexibility index (Phi) is 15.5. The van der Waals surface area contributed by atoms with Gasteiger partial charge in [-0.25, -0.2) is 4.79 Å². The number of ether oxygens (including phenoxy) is 4. The second-order valence-corrected chi connectivity index (χ2v) is 20.7. The standard InChI is InChI=1S/C52H57N7O14S/c1-31(72-50(62)73-33-20-18-32(19-21-33)58(63)64)34-26-43(70-9)44(29-42(34)59(65)66)71-25-24-55(6)23-22-53-49(61)39(30-74(67,68)69)54-47-35(27-45-51(2,3)37-14-10-12-16-40(37)56(45)7)48(60)36(47)28-46-52(4,5)38-15-11-13-17-41(38)57(46)8/h10-21,26-29,31,39H,22-25,30H2,1-9H3,(H2-,53,54,60,61,67,68,69)/p+2/t31?,39-/m0/s1. The lowest BCUT2D eigenvalue weighted by atomic mass is 9.77. The molecule has 0 aromatic heterocycles. The molecule has 22 heteroatoms. The van der Waals surface area contributed by atoms with Gasteiger partial charge in [0.05, 0.1) is 65.4 Å². The summed E-state index contributed by atoms with van der Waals surface area (Å²) in [5, 5.41) is 29.0. The Bertz CT molecular complexity index is 3180. The van der Waals surface area contributed by atoms with Gasteiger partial charge in [-0.15, -0.1) is 0 Å². The van der Waals surface area contributed by atoms with Crippen molar-refractivity contribution in [3.8, 4) is 17.2 Å². The van der Waals surface area contributed by atoms with Crippen molar-refractivity contribution in [3.05, 3.63) is 157 Å². The first-order valence-electron chi connectivity index (χ1n) is 23.5. The number of quaternary nitrogens is 1. The van der Waals surface area contributed by atoms with Crippen molar-refractivity contribution in [3.63, 3.8) is 0 Å². The number of fused-ring (bicyclic) bond motifs is 2. The van der Waals surface area contributed by atoms with Crippen LogP contribution in [0.25, 0.3) is 0 Å². The van der Waals surface area contributed by atoms with Crippen LogP contribution in [0.15, 0.2) is 120 Å². The Morgan fingerprint density at radius 2 is 1.58 bits per heavy atom. The number of anilines is 1. The van der Waals surface area contributed by atoms with Gasteiger partial charge in [0.1, 0.15) is 43.8 Å². The maximum Gasteiger partial charge on any atom is 0.514 e. The molecular weight excluding hydrogens is 979 g/mol. The molecule has 390 valence electrons.